The Kier molecular flexibility index (Phi) is 1.72. The highest BCUT2D eigenvalue weighted by Crippen LogP contribution is 2.30. The van der Waals surface area contributed by atoms with Crippen molar-refractivity contribution in [1.82, 2.24) is 4.90 Å². The van der Waals surface area contributed by atoms with Gasteiger partial charge in [-0.2, -0.15) is 0 Å². The van der Waals surface area contributed by atoms with E-state index in [0.717, 1.165) is 5.92 Å². The number of likely N-dealkylation sites (tertiary alicyclic amines) is 1. The molecule has 0 spiro atoms. The monoisotopic (exact) mass is 149 g/mol. The fourth-order valence-electron chi connectivity index (χ4n) is 2.07. The molecule has 0 aromatic carbocycles. The summed E-state index contributed by atoms with van der Waals surface area (Å²) in [7, 11) is 2.21. The van der Waals surface area contributed by atoms with Gasteiger partial charge in [0.2, 0.25) is 0 Å². The van der Waals surface area contributed by atoms with Gasteiger partial charge < -0.3 is 4.90 Å². The van der Waals surface area contributed by atoms with E-state index in [9.17, 15) is 0 Å². The molecule has 0 aromatic rings. The van der Waals surface area contributed by atoms with E-state index >= 15 is 0 Å². The van der Waals surface area contributed by atoms with Gasteiger partial charge in [-0.25, -0.2) is 0 Å². The summed E-state index contributed by atoms with van der Waals surface area (Å²) < 4.78 is 0. The van der Waals surface area contributed by atoms with Gasteiger partial charge in [0, 0.05) is 25.2 Å². The van der Waals surface area contributed by atoms with Crippen molar-refractivity contribution >= 4 is 0 Å². The highest BCUT2D eigenvalue weighted by Gasteiger charge is 2.22. The number of allylic oxidation sites excluding steroid dienone is 4. The summed E-state index contributed by atoms with van der Waals surface area (Å²) >= 11 is 0. The maximum absolute atomic E-state index is 2.40. The molecule has 11 heavy (non-hydrogen) atoms. The normalized spacial score (nSPS) is 29.7. The number of nitrogens with zero attached hydrogens (tertiary/aromatic N) is 1. The van der Waals surface area contributed by atoms with E-state index < -0.39 is 0 Å². The second-order valence-corrected chi connectivity index (χ2v) is 3.52. The lowest BCUT2D eigenvalue weighted by atomic mass is 9.88. The van der Waals surface area contributed by atoms with Gasteiger partial charge in [-0.15, -0.1) is 0 Å². The lowest BCUT2D eigenvalue weighted by Gasteiger charge is -2.35. The molecule has 0 amide bonds. The fraction of sp³-hybridized carbons (Fsp3) is 0.600. The molecular weight excluding hydrogens is 134 g/mol. The van der Waals surface area contributed by atoms with E-state index in [2.05, 4.69) is 30.2 Å². The zero-order valence-electron chi connectivity index (χ0n) is 7.09. The Morgan fingerprint density at radius 2 is 2.45 bits per heavy atom. The van der Waals surface area contributed by atoms with Crippen LogP contribution in [0.2, 0.25) is 0 Å². The topological polar surface area (TPSA) is 3.24 Å². The molecular formula is C10H15N. The van der Waals surface area contributed by atoms with Crippen molar-refractivity contribution < 1.29 is 0 Å². The summed E-state index contributed by atoms with van der Waals surface area (Å²) in [4.78, 5) is 2.40. The van der Waals surface area contributed by atoms with Crippen molar-refractivity contribution in [2.45, 2.75) is 19.3 Å². The van der Waals surface area contributed by atoms with Gasteiger partial charge in [-0.1, -0.05) is 12.2 Å². The third-order valence-corrected chi connectivity index (χ3v) is 2.73. The average Bonchev–Trinajstić information content (AvgIpc) is 2.06. The van der Waals surface area contributed by atoms with Gasteiger partial charge in [0.25, 0.3) is 0 Å². The Morgan fingerprint density at radius 3 is 3.27 bits per heavy atom. The van der Waals surface area contributed by atoms with Crippen LogP contribution in [-0.4, -0.2) is 18.5 Å². The average molecular weight is 149 g/mol. The van der Waals surface area contributed by atoms with Gasteiger partial charge in [-0.3, -0.25) is 0 Å². The van der Waals surface area contributed by atoms with Crippen LogP contribution in [0.3, 0.4) is 0 Å². The quantitative estimate of drug-likeness (QED) is 0.510. The van der Waals surface area contributed by atoms with E-state index in [1.165, 1.54) is 25.8 Å². The number of hydrogen-bond donors (Lipinski definition) is 0. The molecule has 0 aromatic heterocycles. The highest BCUT2D eigenvalue weighted by atomic mass is 15.1. The molecule has 1 atom stereocenters. The standard InChI is InChI=1S/C10H15N/c1-11-8-4-6-9-5-2-3-7-10(9)11/h2-3,7,9H,4-6,8H2,1H3/t9-/m0/s1. The maximum Gasteiger partial charge on any atom is 0.0172 e. The predicted molar refractivity (Wildman–Crippen MR) is 47.2 cm³/mol. The second kappa shape index (κ2) is 2.72. The Bertz CT molecular complexity index is 203. The van der Waals surface area contributed by atoms with Gasteiger partial charge in [0.15, 0.2) is 0 Å². The Hall–Kier alpha value is -0.720. The van der Waals surface area contributed by atoms with E-state index in [1.54, 1.807) is 5.70 Å². The molecule has 0 bridgehead atoms. The minimum Gasteiger partial charge on any atom is -0.378 e. The first-order valence-corrected chi connectivity index (χ1v) is 4.46. The van der Waals surface area contributed by atoms with Gasteiger partial charge in [0.05, 0.1) is 0 Å². The minimum atomic E-state index is 0.832. The molecule has 0 radical (unpaired) electrons. The fourth-order valence-corrected chi connectivity index (χ4v) is 2.07. The molecule has 0 N–H and O–H groups in total. The molecule has 60 valence electrons. The summed E-state index contributed by atoms with van der Waals surface area (Å²) in [6.07, 6.45) is 10.8. The van der Waals surface area contributed by atoms with Crippen molar-refractivity contribution in [1.29, 1.82) is 0 Å². The van der Waals surface area contributed by atoms with Crippen LogP contribution >= 0.6 is 0 Å². The molecule has 1 heteroatoms. The van der Waals surface area contributed by atoms with E-state index in [-0.39, 0.29) is 0 Å². The van der Waals surface area contributed by atoms with Crippen LogP contribution in [0, 0.1) is 5.92 Å². The third-order valence-electron chi connectivity index (χ3n) is 2.73. The molecule has 1 heterocycles. The summed E-state index contributed by atoms with van der Waals surface area (Å²) in [5, 5.41) is 0. The molecule has 1 aliphatic heterocycles. The van der Waals surface area contributed by atoms with Crippen LogP contribution < -0.4 is 0 Å². The lowest BCUT2D eigenvalue weighted by molar-refractivity contribution is 0.280. The number of piperidine rings is 1. The first-order valence-electron chi connectivity index (χ1n) is 4.46. The smallest absolute Gasteiger partial charge is 0.0172 e. The number of rotatable bonds is 0. The summed E-state index contributed by atoms with van der Waals surface area (Å²) in [6.45, 7) is 1.25. The maximum atomic E-state index is 2.40. The summed E-state index contributed by atoms with van der Waals surface area (Å²) in [5.41, 5.74) is 1.55. The van der Waals surface area contributed by atoms with Gasteiger partial charge in [-0.05, 0) is 25.3 Å². The first-order chi connectivity index (χ1) is 5.38. The molecule has 2 aliphatic rings. The van der Waals surface area contributed by atoms with E-state index in [0.29, 0.717) is 0 Å². The summed E-state index contributed by atoms with van der Waals surface area (Å²) in [6, 6.07) is 0. The first kappa shape index (κ1) is 6.96. The molecule has 1 aliphatic carbocycles. The number of fused-ring (bicyclic) bond motifs is 1. The van der Waals surface area contributed by atoms with Gasteiger partial charge >= 0.3 is 0 Å². The second-order valence-electron chi connectivity index (χ2n) is 3.52. The van der Waals surface area contributed by atoms with Crippen molar-refractivity contribution in [3.63, 3.8) is 0 Å². The Labute approximate surface area is 68.4 Å². The summed E-state index contributed by atoms with van der Waals surface area (Å²) in [5.74, 6) is 0.832. The third kappa shape index (κ3) is 1.20. The van der Waals surface area contributed by atoms with Crippen molar-refractivity contribution in [2.75, 3.05) is 13.6 Å². The molecule has 0 unspecified atom stereocenters. The molecule has 1 fully saturated rings. The zero-order valence-corrected chi connectivity index (χ0v) is 7.09. The van der Waals surface area contributed by atoms with Gasteiger partial charge in [0.1, 0.15) is 0 Å². The zero-order chi connectivity index (χ0) is 7.68. The lowest BCUT2D eigenvalue weighted by Crippen LogP contribution is -2.30. The van der Waals surface area contributed by atoms with E-state index in [1.807, 2.05) is 0 Å². The SMILES string of the molecule is CN1CCC[C@@H]2CC=CC=C21. The molecule has 1 nitrogen and oxygen atoms in total. The van der Waals surface area contributed by atoms with Crippen LogP contribution in [0.25, 0.3) is 0 Å². The largest absolute Gasteiger partial charge is 0.378 e. The van der Waals surface area contributed by atoms with Crippen LogP contribution in [-0.2, 0) is 0 Å². The van der Waals surface area contributed by atoms with Crippen LogP contribution in [0.15, 0.2) is 23.9 Å². The van der Waals surface area contributed by atoms with Crippen molar-refractivity contribution in [3.8, 4) is 0 Å². The van der Waals surface area contributed by atoms with Crippen molar-refractivity contribution in [3.05, 3.63) is 23.9 Å². The minimum absolute atomic E-state index is 0.832. The molecule has 1 saturated heterocycles. The van der Waals surface area contributed by atoms with Crippen LogP contribution in [0.4, 0.5) is 0 Å². The van der Waals surface area contributed by atoms with Crippen molar-refractivity contribution in [2.24, 2.45) is 5.92 Å². The van der Waals surface area contributed by atoms with Crippen LogP contribution in [0.5, 0.6) is 0 Å². The Morgan fingerprint density at radius 1 is 1.55 bits per heavy atom. The molecule has 2 rings (SSSR count). The van der Waals surface area contributed by atoms with E-state index in [4.69, 9.17) is 0 Å². The Balaban J connectivity index is 2.20. The number of hydrogen-bond acceptors (Lipinski definition) is 1. The predicted octanol–water partition coefficient (Wildman–Crippen LogP) is 2.17. The highest BCUT2D eigenvalue weighted by molar-refractivity contribution is 5.21. The molecule has 0 saturated carbocycles. The van der Waals surface area contributed by atoms with Crippen LogP contribution in [0.1, 0.15) is 19.3 Å².